The van der Waals surface area contributed by atoms with Gasteiger partial charge in [0.1, 0.15) is 0 Å². The van der Waals surface area contributed by atoms with Crippen LogP contribution in [0.15, 0.2) is 42.0 Å². The van der Waals surface area contributed by atoms with Gasteiger partial charge in [0.15, 0.2) is 28.8 Å². The zero-order valence-electron chi connectivity index (χ0n) is 17.2. The van der Waals surface area contributed by atoms with Crippen LogP contribution in [-0.4, -0.2) is 44.4 Å². The molecule has 0 amide bonds. The van der Waals surface area contributed by atoms with E-state index in [0.717, 1.165) is 22.5 Å². The maximum absolute atomic E-state index is 12.9. The maximum atomic E-state index is 12.9. The molecule has 2 aromatic carbocycles. The molecule has 1 aliphatic rings. The van der Waals surface area contributed by atoms with Gasteiger partial charge in [-0.1, -0.05) is 0 Å². The van der Waals surface area contributed by atoms with E-state index in [1.54, 1.807) is 34.5 Å². The first kappa shape index (κ1) is 19.6. The lowest BCUT2D eigenvalue weighted by Gasteiger charge is -2.08. The van der Waals surface area contributed by atoms with Gasteiger partial charge in [0.25, 0.3) is 0 Å². The quantitative estimate of drug-likeness (QED) is 0.625. The Morgan fingerprint density at radius 3 is 2.23 bits per heavy atom. The summed E-state index contributed by atoms with van der Waals surface area (Å²) in [7, 11) is 6.33. The zero-order valence-corrected chi connectivity index (χ0v) is 17.2. The lowest BCUT2D eigenvalue weighted by atomic mass is 10.1. The molecule has 0 radical (unpaired) electrons. The fourth-order valence-corrected chi connectivity index (χ4v) is 3.60. The predicted octanol–water partition coefficient (Wildman–Crippen LogP) is 3.93. The molecule has 0 fully saturated rings. The molecule has 4 rings (SSSR count). The summed E-state index contributed by atoms with van der Waals surface area (Å²) in [4.78, 5) is 12.9. The fourth-order valence-electron chi connectivity index (χ4n) is 3.60. The van der Waals surface area contributed by atoms with Crippen molar-refractivity contribution in [1.29, 1.82) is 0 Å². The third kappa shape index (κ3) is 3.39. The van der Waals surface area contributed by atoms with Crippen molar-refractivity contribution in [3.8, 4) is 34.3 Å². The number of aromatic nitrogens is 2. The molecule has 1 N–H and O–H groups in total. The number of ketones is 1. The van der Waals surface area contributed by atoms with Crippen LogP contribution < -0.4 is 18.9 Å². The highest BCUT2D eigenvalue weighted by atomic mass is 16.5. The lowest BCUT2D eigenvalue weighted by Crippen LogP contribution is -1.97. The summed E-state index contributed by atoms with van der Waals surface area (Å²) in [5.41, 5.74) is 4.61. The number of rotatable bonds is 6. The van der Waals surface area contributed by atoms with Gasteiger partial charge in [0, 0.05) is 23.1 Å². The molecule has 1 aliphatic carbocycles. The molecule has 1 aromatic heterocycles. The van der Waals surface area contributed by atoms with Crippen LogP contribution >= 0.6 is 0 Å². The predicted molar refractivity (Wildman–Crippen MR) is 113 cm³/mol. The third-order valence-electron chi connectivity index (χ3n) is 5.13. The molecule has 7 heteroatoms. The van der Waals surface area contributed by atoms with E-state index in [4.69, 9.17) is 18.9 Å². The molecule has 3 aromatic rings. The van der Waals surface area contributed by atoms with Crippen LogP contribution in [0.4, 0.5) is 0 Å². The van der Waals surface area contributed by atoms with Crippen molar-refractivity contribution in [2.24, 2.45) is 0 Å². The van der Waals surface area contributed by atoms with Crippen LogP contribution in [0.25, 0.3) is 17.3 Å². The second kappa shape index (κ2) is 7.94. The number of hydrogen-bond acceptors (Lipinski definition) is 6. The van der Waals surface area contributed by atoms with E-state index >= 15 is 0 Å². The number of nitrogens with zero attached hydrogens (tertiary/aromatic N) is 1. The number of carbonyl (C=O) groups excluding carboxylic acids is 1. The first-order valence-electron chi connectivity index (χ1n) is 9.36. The summed E-state index contributed by atoms with van der Waals surface area (Å²) in [6, 6.07) is 11.1. The Kier molecular flexibility index (Phi) is 5.18. The van der Waals surface area contributed by atoms with Crippen molar-refractivity contribution in [2.45, 2.75) is 6.42 Å². The average Bonchev–Trinajstić information content (AvgIpc) is 3.37. The molecule has 0 saturated heterocycles. The standard InChI is InChI=1S/C23H22N2O5/c1-27-19-6-5-13(9-20(19)28-2)18-11-16(24-25-18)8-15-7-14-10-21(29-3)22(30-4)12-17(14)23(15)26/h5-6,8-12H,7H2,1-4H3,(H,24,25). The van der Waals surface area contributed by atoms with Crippen LogP contribution in [0.1, 0.15) is 21.6 Å². The average molecular weight is 406 g/mol. The molecule has 0 atom stereocenters. The van der Waals surface area contributed by atoms with Crippen molar-refractivity contribution in [3.63, 3.8) is 0 Å². The van der Waals surface area contributed by atoms with Crippen molar-refractivity contribution in [1.82, 2.24) is 10.2 Å². The van der Waals surface area contributed by atoms with Crippen LogP contribution in [-0.2, 0) is 6.42 Å². The zero-order chi connectivity index (χ0) is 21.3. The van der Waals surface area contributed by atoms with E-state index in [1.165, 1.54) is 0 Å². The number of hydrogen-bond donors (Lipinski definition) is 1. The molecule has 7 nitrogen and oxygen atoms in total. The van der Waals surface area contributed by atoms with Crippen LogP contribution in [0.5, 0.6) is 23.0 Å². The Bertz CT molecular complexity index is 1150. The number of ether oxygens (including phenoxy) is 4. The van der Waals surface area contributed by atoms with Gasteiger partial charge in [-0.2, -0.15) is 5.10 Å². The minimum atomic E-state index is -0.0202. The molecular formula is C23H22N2O5. The molecule has 0 saturated carbocycles. The number of aromatic amines is 1. The van der Waals surface area contributed by atoms with Gasteiger partial charge in [0.05, 0.1) is 39.8 Å². The van der Waals surface area contributed by atoms with E-state index in [9.17, 15) is 4.79 Å². The Morgan fingerprint density at radius 1 is 0.867 bits per heavy atom. The highest BCUT2D eigenvalue weighted by Crippen LogP contribution is 2.37. The number of Topliss-reactive ketones (excluding diaryl/α,β-unsaturated/α-hetero) is 1. The molecule has 0 aliphatic heterocycles. The SMILES string of the molecule is COc1ccc(-c2cc(C=C3Cc4cc(OC)c(OC)cc4C3=O)[nH]n2)cc1OC. The molecule has 1 heterocycles. The van der Waals surface area contributed by atoms with E-state index in [0.29, 0.717) is 40.6 Å². The van der Waals surface area contributed by atoms with Crippen LogP contribution in [0, 0.1) is 0 Å². The smallest absolute Gasteiger partial charge is 0.189 e. The normalized spacial score (nSPS) is 14.0. The van der Waals surface area contributed by atoms with E-state index in [1.807, 2.05) is 36.4 Å². The minimum Gasteiger partial charge on any atom is -0.493 e. The minimum absolute atomic E-state index is 0.0202. The number of methoxy groups -OCH3 is 4. The monoisotopic (exact) mass is 406 g/mol. The van der Waals surface area contributed by atoms with Gasteiger partial charge in [0.2, 0.25) is 0 Å². The van der Waals surface area contributed by atoms with Crippen molar-refractivity contribution in [2.75, 3.05) is 28.4 Å². The van der Waals surface area contributed by atoms with E-state index in [-0.39, 0.29) is 5.78 Å². The number of carbonyl (C=O) groups is 1. The molecular weight excluding hydrogens is 384 g/mol. The van der Waals surface area contributed by atoms with Gasteiger partial charge in [-0.3, -0.25) is 9.89 Å². The first-order chi connectivity index (χ1) is 14.6. The Hall–Kier alpha value is -3.74. The summed E-state index contributed by atoms with van der Waals surface area (Å²) in [6.45, 7) is 0. The van der Waals surface area contributed by atoms with Gasteiger partial charge in [-0.05, 0) is 48.0 Å². The second-order valence-electron chi connectivity index (χ2n) is 6.82. The first-order valence-corrected chi connectivity index (χ1v) is 9.36. The van der Waals surface area contributed by atoms with Gasteiger partial charge in [-0.15, -0.1) is 0 Å². The molecule has 154 valence electrons. The lowest BCUT2D eigenvalue weighted by molar-refractivity contribution is 0.104. The molecule has 30 heavy (non-hydrogen) atoms. The topological polar surface area (TPSA) is 82.7 Å². The van der Waals surface area contributed by atoms with Gasteiger partial charge < -0.3 is 18.9 Å². The highest BCUT2D eigenvalue weighted by molar-refractivity contribution is 6.15. The Labute approximate surface area is 174 Å². The number of fused-ring (bicyclic) bond motifs is 1. The summed E-state index contributed by atoms with van der Waals surface area (Å²) < 4.78 is 21.3. The summed E-state index contributed by atoms with van der Waals surface area (Å²) in [5.74, 6) is 2.42. The highest BCUT2D eigenvalue weighted by Gasteiger charge is 2.27. The largest absolute Gasteiger partial charge is 0.493 e. The maximum Gasteiger partial charge on any atom is 0.189 e. The van der Waals surface area contributed by atoms with Crippen molar-refractivity contribution < 1.29 is 23.7 Å². The number of nitrogens with one attached hydrogen (secondary N) is 1. The third-order valence-corrected chi connectivity index (χ3v) is 5.13. The molecule has 0 unspecified atom stereocenters. The Balaban J connectivity index is 1.62. The Morgan fingerprint density at radius 2 is 1.53 bits per heavy atom. The summed E-state index contributed by atoms with van der Waals surface area (Å²) in [5, 5.41) is 7.36. The number of H-pyrrole nitrogens is 1. The number of benzene rings is 2. The van der Waals surface area contributed by atoms with E-state index in [2.05, 4.69) is 10.2 Å². The van der Waals surface area contributed by atoms with Crippen molar-refractivity contribution >= 4 is 11.9 Å². The molecule has 0 bridgehead atoms. The van der Waals surface area contributed by atoms with Gasteiger partial charge >= 0.3 is 0 Å². The van der Waals surface area contributed by atoms with Crippen molar-refractivity contribution in [3.05, 3.63) is 58.8 Å². The van der Waals surface area contributed by atoms with Crippen LogP contribution in [0.3, 0.4) is 0 Å². The fraction of sp³-hybridized carbons (Fsp3) is 0.217. The van der Waals surface area contributed by atoms with Crippen LogP contribution in [0.2, 0.25) is 0 Å². The molecule has 0 spiro atoms. The summed E-state index contributed by atoms with van der Waals surface area (Å²) in [6.07, 6.45) is 2.36. The van der Waals surface area contributed by atoms with E-state index < -0.39 is 0 Å². The summed E-state index contributed by atoms with van der Waals surface area (Å²) >= 11 is 0. The van der Waals surface area contributed by atoms with Gasteiger partial charge in [-0.25, -0.2) is 0 Å². The number of allylic oxidation sites excluding steroid dienone is 1. The second-order valence-corrected chi connectivity index (χ2v) is 6.82.